The molecule has 1 unspecified atom stereocenters. The standard InChI is InChI=1S/C14H16N2OS/c1-17-10-2-3-11-12(4-5-16-13(11)8-10)14-9-15-6-7-18-14/h2-5,8,14-15H,6-7,9H2,1H3. The number of benzene rings is 1. The Kier molecular flexibility index (Phi) is 3.39. The van der Waals surface area contributed by atoms with Crippen LogP contribution in [-0.2, 0) is 0 Å². The van der Waals surface area contributed by atoms with Crippen molar-refractivity contribution in [1.29, 1.82) is 0 Å². The number of ether oxygens (including phenoxy) is 1. The predicted octanol–water partition coefficient (Wildman–Crippen LogP) is 2.62. The first-order chi connectivity index (χ1) is 8.88. The Morgan fingerprint density at radius 3 is 3.11 bits per heavy atom. The van der Waals surface area contributed by atoms with Crippen molar-refractivity contribution in [2.75, 3.05) is 26.0 Å². The maximum absolute atomic E-state index is 5.25. The molecule has 1 aliphatic heterocycles. The van der Waals surface area contributed by atoms with E-state index < -0.39 is 0 Å². The number of fused-ring (bicyclic) bond motifs is 1. The average Bonchev–Trinajstić information content (AvgIpc) is 2.47. The summed E-state index contributed by atoms with van der Waals surface area (Å²) < 4.78 is 5.25. The zero-order chi connectivity index (χ0) is 12.4. The van der Waals surface area contributed by atoms with Crippen LogP contribution in [-0.4, -0.2) is 30.9 Å². The van der Waals surface area contributed by atoms with Gasteiger partial charge in [-0.05, 0) is 23.8 Å². The van der Waals surface area contributed by atoms with Crippen LogP contribution in [0.3, 0.4) is 0 Å². The zero-order valence-corrected chi connectivity index (χ0v) is 11.2. The lowest BCUT2D eigenvalue weighted by molar-refractivity contribution is 0.415. The molecular formula is C14H16N2OS. The van der Waals surface area contributed by atoms with Crippen LogP contribution in [0.25, 0.3) is 10.9 Å². The van der Waals surface area contributed by atoms with Crippen LogP contribution < -0.4 is 10.1 Å². The van der Waals surface area contributed by atoms with Crippen LogP contribution in [0.15, 0.2) is 30.5 Å². The number of hydrogen-bond donors (Lipinski definition) is 1. The Morgan fingerprint density at radius 2 is 2.33 bits per heavy atom. The summed E-state index contributed by atoms with van der Waals surface area (Å²) in [6.45, 7) is 2.15. The fourth-order valence-corrected chi connectivity index (χ4v) is 3.49. The molecule has 3 rings (SSSR count). The Bertz CT molecular complexity index is 552. The van der Waals surface area contributed by atoms with Gasteiger partial charge in [0.15, 0.2) is 0 Å². The van der Waals surface area contributed by atoms with Crippen molar-refractivity contribution in [3.05, 3.63) is 36.0 Å². The van der Waals surface area contributed by atoms with Gasteiger partial charge in [-0.3, -0.25) is 4.98 Å². The third-order valence-corrected chi connectivity index (χ3v) is 4.52. The van der Waals surface area contributed by atoms with Gasteiger partial charge in [0.2, 0.25) is 0 Å². The molecule has 1 aromatic heterocycles. The molecule has 1 aliphatic rings. The number of nitrogens with one attached hydrogen (secondary N) is 1. The van der Waals surface area contributed by atoms with E-state index in [1.165, 1.54) is 16.7 Å². The van der Waals surface area contributed by atoms with E-state index in [0.29, 0.717) is 5.25 Å². The Hall–Kier alpha value is -1.26. The number of rotatable bonds is 2. The Labute approximate surface area is 111 Å². The second kappa shape index (κ2) is 5.16. The third kappa shape index (κ3) is 2.18. The van der Waals surface area contributed by atoms with Crippen molar-refractivity contribution >= 4 is 22.7 Å². The Morgan fingerprint density at radius 1 is 1.39 bits per heavy atom. The number of nitrogens with zero attached hydrogens (tertiary/aromatic N) is 1. The third-order valence-electron chi connectivity index (χ3n) is 3.26. The quantitative estimate of drug-likeness (QED) is 0.900. The molecule has 0 amide bonds. The number of thioether (sulfide) groups is 1. The molecule has 0 spiro atoms. The van der Waals surface area contributed by atoms with Gasteiger partial charge in [-0.2, -0.15) is 11.8 Å². The van der Waals surface area contributed by atoms with Crippen molar-refractivity contribution in [3.63, 3.8) is 0 Å². The van der Waals surface area contributed by atoms with E-state index in [4.69, 9.17) is 4.74 Å². The van der Waals surface area contributed by atoms with Crippen LogP contribution in [0.1, 0.15) is 10.8 Å². The van der Waals surface area contributed by atoms with E-state index in [0.717, 1.165) is 24.4 Å². The number of hydrogen-bond acceptors (Lipinski definition) is 4. The minimum Gasteiger partial charge on any atom is -0.497 e. The summed E-state index contributed by atoms with van der Waals surface area (Å²) >= 11 is 2.02. The highest BCUT2D eigenvalue weighted by Gasteiger charge is 2.18. The van der Waals surface area contributed by atoms with E-state index in [1.54, 1.807) is 7.11 Å². The van der Waals surface area contributed by atoms with Crippen LogP contribution in [0.5, 0.6) is 5.75 Å². The first-order valence-electron chi connectivity index (χ1n) is 6.13. The summed E-state index contributed by atoms with van der Waals surface area (Å²) in [6.07, 6.45) is 1.90. The van der Waals surface area contributed by atoms with E-state index in [2.05, 4.69) is 22.4 Å². The van der Waals surface area contributed by atoms with Crippen molar-refractivity contribution in [1.82, 2.24) is 10.3 Å². The highest BCUT2D eigenvalue weighted by Crippen LogP contribution is 2.34. The van der Waals surface area contributed by atoms with Crippen LogP contribution >= 0.6 is 11.8 Å². The predicted molar refractivity (Wildman–Crippen MR) is 76.4 cm³/mol. The van der Waals surface area contributed by atoms with Gasteiger partial charge in [-0.1, -0.05) is 0 Å². The summed E-state index contributed by atoms with van der Waals surface area (Å²) in [4.78, 5) is 4.44. The van der Waals surface area contributed by atoms with E-state index >= 15 is 0 Å². The highest BCUT2D eigenvalue weighted by atomic mass is 32.2. The number of methoxy groups -OCH3 is 1. The van der Waals surface area contributed by atoms with E-state index in [-0.39, 0.29) is 0 Å². The molecule has 1 saturated heterocycles. The molecule has 3 nitrogen and oxygen atoms in total. The lowest BCUT2D eigenvalue weighted by Gasteiger charge is -2.23. The topological polar surface area (TPSA) is 34.1 Å². The molecule has 1 aromatic carbocycles. The average molecular weight is 260 g/mol. The largest absolute Gasteiger partial charge is 0.497 e. The number of aromatic nitrogens is 1. The molecule has 2 aromatic rings. The fourth-order valence-electron chi connectivity index (χ4n) is 2.32. The summed E-state index contributed by atoms with van der Waals surface area (Å²) in [7, 11) is 1.69. The first-order valence-corrected chi connectivity index (χ1v) is 7.18. The smallest absolute Gasteiger partial charge is 0.121 e. The van der Waals surface area contributed by atoms with Gasteiger partial charge >= 0.3 is 0 Å². The first kappa shape index (κ1) is 11.8. The minimum absolute atomic E-state index is 0.526. The van der Waals surface area contributed by atoms with E-state index in [9.17, 15) is 0 Å². The molecule has 0 bridgehead atoms. The molecule has 2 heterocycles. The highest BCUT2D eigenvalue weighted by molar-refractivity contribution is 7.99. The molecular weight excluding hydrogens is 244 g/mol. The van der Waals surface area contributed by atoms with E-state index in [1.807, 2.05) is 30.1 Å². The minimum atomic E-state index is 0.526. The van der Waals surface area contributed by atoms with Crippen molar-refractivity contribution < 1.29 is 4.74 Å². The van der Waals surface area contributed by atoms with Crippen LogP contribution in [0, 0.1) is 0 Å². The van der Waals surface area contributed by atoms with Gasteiger partial charge < -0.3 is 10.1 Å². The summed E-state index contributed by atoms with van der Waals surface area (Å²) in [6, 6.07) is 8.26. The molecule has 1 fully saturated rings. The maximum atomic E-state index is 5.25. The lowest BCUT2D eigenvalue weighted by atomic mass is 10.1. The summed E-state index contributed by atoms with van der Waals surface area (Å²) in [5, 5.41) is 5.22. The zero-order valence-electron chi connectivity index (χ0n) is 10.3. The van der Waals surface area contributed by atoms with Crippen LogP contribution in [0.4, 0.5) is 0 Å². The monoisotopic (exact) mass is 260 g/mol. The number of pyridine rings is 1. The molecule has 1 N–H and O–H groups in total. The lowest BCUT2D eigenvalue weighted by Crippen LogP contribution is -2.28. The van der Waals surface area contributed by atoms with Crippen molar-refractivity contribution in [2.45, 2.75) is 5.25 Å². The maximum Gasteiger partial charge on any atom is 0.121 e. The van der Waals surface area contributed by atoms with Crippen LogP contribution in [0.2, 0.25) is 0 Å². The molecule has 94 valence electrons. The second-order valence-corrected chi connectivity index (χ2v) is 5.66. The molecule has 0 aliphatic carbocycles. The van der Waals surface area contributed by atoms with Gasteiger partial charge in [-0.15, -0.1) is 0 Å². The normalized spacial score (nSPS) is 19.9. The Balaban J connectivity index is 2.05. The molecule has 1 atom stereocenters. The van der Waals surface area contributed by atoms with Gasteiger partial charge in [0.05, 0.1) is 12.6 Å². The van der Waals surface area contributed by atoms with Crippen molar-refractivity contribution in [2.24, 2.45) is 0 Å². The van der Waals surface area contributed by atoms with Gasteiger partial charge in [0, 0.05) is 41.7 Å². The van der Waals surface area contributed by atoms with Gasteiger partial charge in [-0.25, -0.2) is 0 Å². The molecule has 4 heteroatoms. The molecule has 0 radical (unpaired) electrons. The van der Waals surface area contributed by atoms with Gasteiger partial charge in [0.25, 0.3) is 0 Å². The SMILES string of the molecule is COc1ccc2c(C3CNCCS3)ccnc2c1. The van der Waals surface area contributed by atoms with Crippen molar-refractivity contribution in [3.8, 4) is 5.75 Å². The fraction of sp³-hybridized carbons (Fsp3) is 0.357. The summed E-state index contributed by atoms with van der Waals surface area (Å²) in [5.41, 5.74) is 2.39. The second-order valence-electron chi connectivity index (χ2n) is 4.35. The van der Waals surface area contributed by atoms with Gasteiger partial charge in [0.1, 0.15) is 5.75 Å². The molecule has 18 heavy (non-hydrogen) atoms. The summed E-state index contributed by atoms with van der Waals surface area (Å²) in [5.74, 6) is 2.03. The molecule has 0 saturated carbocycles.